The van der Waals surface area contributed by atoms with Crippen LogP contribution in [0.15, 0.2) is 63.1 Å². The van der Waals surface area contributed by atoms with Crippen LogP contribution >= 0.6 is 11.3 Å². The molecular formula is C27H25NO6S. The van der Waals surface area contributed by atoms with Gasteiger partial charge in [0.2, 0.25) is 0 Å². The van der Waals surface area contributed by atoms with Crippen molar-refractivity contribution < 1.29 is 23.5 Å². The van der Waals surface area contributed by atoms with Crippen molar-refractivity contribution >= 4 is 39.2 Å². The van der Waals surface area contributed by atoms with E-state index in [0.717, 1.165) is 22.9 Å². The summed E-state index contributed by atoms with van der Waals surface area (Å²) in [4.78, 5) is 37.1. The number of benzene rings is 2. The Balaban J connectivity index is 1.52. The van der Waals surface area contributed by atoms with Crippen LogP contribution in [-0.2, 0) is 16.0 Å². The fourth-order valence-corrected chi connectivity index (χ4v) is 4.67. The zero-order valence-corrected chi connectivity index (χ0v) is 20.5. The van der Waals surface area contributed by atoms with Gasteiger partial charge in [-0.15, -0.1) is 11.3 Å². The summed E-state index contributed by atoms with van der Waals surface area (Å²) in [6.07, 6.45) is 0.916. The van der Waals surface area contributed by atoms with Crippen LogP contribution in [0.5, 0.6) is 5.75 Å². The largest absolute Gasteiger partial charge is 0.484 e. The molecule has 8 heteroatoms. The number of fused-ring (bicyclic) bond motifs is 1. The number of carbonyl (C=O) groups is 2. The van der Waals surface area contributed by atoms with E-state index in [1.54, 1.807) is 25.1 Å². The molecule has 0 atom stereocenters. The van der Waals surface area contributed by atoms with Gasteiger partial charge in [-0.25, -0.2) is 9.59 Å². The smallest absolute Gasteiger partial charge is 0.341 e. The number of thiophene rings is 1. The maximum atomic E-state index is 12.8. The molecule has 7 nitrogen and oxygen atoms in total. The summed E-state index contributed by atoms with van der Waals surface area (Å²) in [5.74, 6) is -0.551. The first-order valence-corrected chi connectivity index (χ1v) is 12.1. The van der Waals surface area contributed by atoms with Crippen molar-refractivity contribution in [1.29, 1.82) is 0 Å². The van der Waals surface area contributed by atoms with Gasteiger partial charge in [-0.3, -0.25) is 4.79 Å². The third-order valence-electron chi connectivity index (χ3n) is 5.49. The molecule has 1 N–H and O–H groups in total. The number of carbonyl (C=O) groups excluding carboxylic acids is 2. The number of hydrogen-bond donors (Lipinski definition) is 1. The third-order valence-corrected chi connectivity index (χ3v) is 6.38. The van der Waals surface area contributed by atoms with Crippen LogP contribution in [0.25, 0.3) is 22.1 Å². The Labute approximate surface area is 206 Å². The highest BCUT2D eigenvalue weighted by Gasteiger charge is 2.23. The van der Waals surface area contributed by atoms with E-state index in [0.29, 0.717) is 27.5 Å². The summed E-state index contributed by atoms with van der Waals surface area (Å²) in [6.45, 7) is 5.56. The molecule has 0 bridgehead atoms. The summed E-state index contributed by atoms with van der Waals surface area (Å²) in [5, 5.41) is 5.78. The molecule has 2 aromatic heterocycles. The number of amides is 1. The summed E-state index contributed by atoms with van der Waals surface area (Å²) < 4.78 is 16.1. The van der Waals surface area contributed by atoms with E-state index < -0.39 is 17.5 Å². The average Bonchev–Trinajstić information content (AvgIpc) is 3.26. The molecule has 4 rings (SSSR count). The number of nitrogens with one attached hydrogen (secondary N) is 1. The van der Waals surface area contributed by atoms with Crippen molar-refractivity contribution in [2.75, 3.05) is 18.5 Å². The first-order valence-electron chi connectivity index (χ1n) is 11.2. The van der Waals surface area contributed by atoms with Gasteiger partial charge in [-0.1, -0.05) is 31.2 Å². The van der Waals surface area contributed by atoms with Gasteiger partial charge in [-0.2, -0.15) is 0 Å². The molecular weight excluding hydrogens is 466 g/mol. The van der Waals surface area contributed by atoms with Gasteiger partial charge in [0.15, 0.2) is 6.61 Å². The summed E-state index contributed by atoms with van der Waals surface area (Å²) in [6, 6.07) is 14.4. The monoisotopic (exact) mass is 491 g/mol. The molecule has 0 aliphatic carbocycles. The first-order chi connectivity index (χ1) is 16.9. The molecule has 0 unspecified atom stereocenters. The van der Waals surface area contributed by atoms with Gasteiger partial charge in [0.1, 0.15) is 21.9 Å². The molecule has 0 saturated heterocycles. The lowest BCUT2D eigenvalue weighted by Crippen LogP contribution is -2.21. The van der Waals surface area contributed by atoms with Crippen LogP contribution < -0.4 is 15.7 Å². The Morgan fingerprint density at radius 1 is 1.06 bits per heavy atom. The number of esters is 1. The second kappa shape index (κ2) is 10.6. The van der Waals surface area contributed by atoms with Crippen LogP contribution in [-0.4, -0.2) is 25.1 Å². The highest BCUT2D eigenvalue weighted by molar-refractivity contribution is 7.15. The Morgan fingerprint density at radius 2 is 1.83 bits per heavy atom. The molecule has 180 valence electrons. The molecule has 2 aromatic carbocycles. The molecule has 4 aromatic rings. The molecule has 2 heterocycles. The summed E-state index contributed by atoms with van der Waals surface area (Å²) in [5.41, 5.74) is 3.81. The molecule has 0 spiro atoms. The molecule has 1 amide bonds. The Hall–Kier alpha value is -3.91. The third kappa shape index (κ3) is 5.44. The van der Waals surface area contributed by atoms with Crippen molar-refractivity contribution in [3.05, 3.63) is 81.0 Å². The van der Waals surface area contributed by atoms with E-state index in [9.17, 15) is 14.4 Å². The van der Waals surface area contributed by atoms with E-state index in [4.69, 9.17) is 13.9 Å². The normalized spacial score (nSPS) is 10.8. The van der Waals surface area contributed by atoms with Crippen molar-refractivity contribution in [3.8, 4) is 16.9 Å². The Morgan fingerprint density at radius 3 is 2.54 bits per heavy atom. The maximum Gasteiger partial charge on any atom is 0.341 e. The minimum absolute atomic E-state index is 0.219. The van der Waals surface area contributed by atoms with Crippen LogP contribution in [0.4, 0.5) is 5.00 Å². The van der Waals surface area contributed by atoms with Gasteiger partial charge >= 0.3 is 11.6 Å². The average molecular weight is 492 g/mol. The van der Waals surface area contributed by atoms with Gasteiger partial charge in [-0.05, 0) is 49.1 Å². The number of ether oxygens (including phenoxy) is 2. The van der Waals surface area contributed by atoms with Crippen LogP contribution in [0.3, 0.4) is 0 Å². The van der Waals surface area contributed by atoms with Crippen LogP contribution in [0.1, 0.15) is 35.3 Å². The lowest BCUT2D eigenvalue weighted by molar-refractivity contribution is -0.118. The molecule has 0 saturated carbocycles. The minimum Gasteiger partial charge on any atom is -0.484 e. The van der Waals surface area contributed by atoms with E-state index in [1.165, 1.54) is 23.0 Å². The van der Waals surface area contributed by atoms with Crippen molar-refractivity contribution in [2.45, 2.75) is 27.2 Å². The summed E-state index contributed by atoms with van der Waals surface area (Å²) >= 11 is 1.25. The maximum absolute atomic E-state index is 12.8. The SMILES string of the molecule is CCOC(=O)c1c(-c2ccc(CC)cc2)csc1NC(=O)COc1ccc2c(C)cc(=O)oc2c1. The van der Waals surface area contributed by atoms with Crippen molar-refractivity contribution in [1.82, 2.24) is 0 Å². The van der Waals surface area contributed by atoms with E-state index in [-0.39, 0.29) is 13.2 Å². The Kier molecular flexibility index (Phi) is 7.31. The van der Waals surface area contributed by atoms with Crippen molar-refractivity contribution in [3.63, 3.8) is 0 Å². The standard InChI is InChI=1S/C27H25NO6S/c1-4-17-6-8-18(9-7-17)21-15-35-26(25(21)27(31)32-5-2)28-23(29)14-33-19-10-11-20-16(3)12-24(30)34-22(20)13-19/h6-13,15H,4-5,14H2,1-3H3,(H,28,29). The summed E-state index contributed by atoms with van der Waals surface area (Å²) in [7, 11) is 0. The van der Waals surface area contributed by atoms with Crippen LogP contribution in [0.2, 0.25) is 0 Å². The number of aryl methyl sites for hydroxylation is 2. The van der Waals surface area contributed by atoms with E-state index in [1.807, 2.05) is 36.6 Å². The fraction of sp³-hybridized carbons (Fsp3) is 0.222. The molecule has 0 aliphatic rings. The van der Waals surface area contributed by atoms with Crippen LogP contribution in [0, 0.1) is 6.92 Å². The molecule has 0 aliphatic heterocycles. The highest BCUT2D eigenvalue weighted by Crippen LogP contribution is 2.36. The molecule has 0 fully saturated rings. The molecule has 35 heavy (non-hydrogen) atoms. The van der Waals surface area contributed by atoms with Gasteiger partial charge < -0.3 is 19.2 Å². The predicted octanol–water partition coefficient (Wildman–Crippen LogP) is 5.59. The van der Waals surface area contributed by atoms with Crippen molar-refractivity contribution in [2.24, 2.45) is 0 Å². The highest BCUT2D eigenvalue weighted by atomic mass is 32.1. The van der Waals surface area contributed by atoms with Gasteiger partial charge in [0, 0.05) is 28.5 Å². The second-order valence-electron chi connectivity index (χ2n) is 7.87. The predicted molar refractivity (Wildman–Crippen MR) is 136 cm³/mol. The van der Waals surface area contributed by atoms with E-state index in [2.05, 4.69) is 12.2 Å². The quantitative estimate of drug-likeness (QED) is 0.255. The second-order valence-corrected chi connectivity index (χ2v) is 8.75. The van der Waals surface area contributed by atoms with Gasteiger partial charge in [0.25, 0.3) is 5.91 Å². The van der Waals surface area contributed by atoms with E-state index >= 15 is 0 Å². The fourth-order valence-electron chi connectivity index (χ4n) is 3.69. The van der Waals surface area contributed by atoms with Gasteiger partial charge in [0.05, 0.1) is 6.61 Å². The number of anilines is 1. The lowest BCUT2D eigenvalue weighted by Gasteiger charge is -2.10. The minimum atomic E-state index is -0.500. The Bertz CT molecular complexity index is 1430. The molecule has 0 radical (unpaired) electrons. The first kappa shape index (κ1) is 24.2. The number of hydrogen-bond acceptors (Lipinski definition) is 7. The number of rotatable bonds is 8. The lowest BCUT2D eigenvalue weighted by atomic mass is 10.0. The topological polar surface area (TPSA) is 94.8 Å². The zero-order chi connectivity index (χ0) is 24.9. The zero-order valence-electron chi connectivity index (χ0n) is 19.7.